The summed E-state index contributed by atoms with van der Waals surface area (Å²) < 4.78 is 24.4. The molecular weight excluding hydrogens is 403 g/mol. The van der Waals surface area contributed by atoms with Crippen LogP contribution in [0.2, 0.25) is 0 Å². The molecular formula is C13H29IN4O2S. The maximum atomic E-state index is 11.4. The third kappa shape index (κ3) is 8.20. The Bertz CT molecular complexity index is 408. The first-order valence-corrected chi connectivity index (χ1v) is 9.24. The number of nitrogens with one attached hydrogen (secondary N) is 2. The summed E-state index contributed by atoms with van der Waals surface area (Å²) in [5.74, 6) is 0.819. The van der Waals surface area contributed by atoms with Gasteiger partial charge in [0.1, 0.15) is 0 Å². The standard InChI is InChI=1S/C13H28N4O2S.HI/c1-4-17(20(3,18)19)11-7-10-15-13(14-2)16-12-8-5-6-9-12;/h12H,4-11H2,1-3H3,(H2,14,15,16);1H. The lowest BCUT2D eigenvalue weighted by Gasteiger charge is -2.19. The monoisotopic (exact) mass is 432 g/mol. The summed E-state index contributed by atoms with van der Waals surface area (Å²) in [5, 5.41) is 6.65. The van der Waals surface area contributed by atoms with Crippen molar-refractivity contribution in [3.05, 3.63) is 0 Å². The second-order valence-corrected chi connectivity index (χ2v) is 7.22. The molecule has 0 amide bonds. The van der Waals surface area contributed by atoms with E-state index in [1.54, 1.807) is 7.05 Å². The number of hydrogen-bond donors (Lipinski definition) is 2. The summed E-state index contributed by atoms with van der Waals surface area (Å²) in [5.41, 5.74) is 0. The molecule has 0 bridgehead atoms. The normalized spacial score (nSPS) is 16.9. The lowest BCUT2D eigenvalue weighted by atomic mass is 10.2. The predicted molar refractivity (Wildman–Crippen MR) is 98.9 cm³/mol. The Morgan fingerprint density at radius 2 is 1.95 bits per heavy atom. The molecule has 0 aromatic rings. The average molecular weight is 432 g/mol. The molecule has 0 aromatic heterocycles. The first-order chi connectivity index (χ1) is 9.47. The second kappa shape index (κ2) is 10.6. The molecule has 1 rings (SSSR count). The number of aliphatic imine (C=N–C) groups is 1. The van der Waals surface area contributed by atoms with E-state index >= 15 is 0 Å². The minimum absolute atomic E-state index is 0. The number of hydrogen-bond acceptors (Lipinski definition) is 3. The van der Waals surface area contributed by atoms with Crippen molar-refractivity contribution in [2.75, 3.05) is 32.9 Å². The second-order valence-electron chi connectivity index (χ2n) is 5.23. The topological polar surface area (TPSA) is 73.8 Å². The van der Waals surface area contributed by atoms with Crippen LogP contribution < -0.4 is 10.6 Å². The van der Waals surface area contributed by atoms with Gasteiger partial charge in [0.05, 0.1) is 6.26 Å². The molecule has 1 fully saturated rings. The van der Waals surface area contributed by atoms with E-state index in [2.05, 4.69) is 15.6 Å². The number of halogens is 1. The summed E-state index contributed by atoms with van der Waals surface area (Å²) in [6.07, 6.45) is 7.01. The maximum Gasteiger partial charge on any atom is 0.211 e. The molecule has 1 saturated carbocycles. The number of rotatable bonds is 7. The van der Waals surface area contributed by atoms with Gasteiger partial charge in [-0.05, 0) is 19.3 Å². The quantitative estimate of drug-likeness (QED) is 0.276. The molecule has 0 unspecified atom stereocenters. The van der Waals surface area contributed by atoms with Gasteiger partial charge >= 0.3 is 0 Å². The first kappa shape index (κ1) is 20.9. The zero-order chi connectivity index (χ0) is 15.0. The molecule has 0 saturated heterocycles. The van der Waals surface area contributed by atoms with Gasteiger partial charge < -0.3 is 10.6 Å². The minimum Gasteiger partial charge on any atom is -0.356 e. The Kier molecular flexibility index (Phi) is 10.6. The van der Waals surface area contributed by atoms with Crippen molar-refractivity contribution in [2.24, 2.45) is 4.99 Å². The zero-order valence-electron chi connectivity index (χ0n) is 13.3. The van der Waals surface area contributed by atoms with Gasteiger partial charge in [-0.3, -0.25) is 4.99 Å². The van der Waals surface area contributed by atoms with Crippen LogP contribution in [0.5, 0.6) is 0 Å². The van der Waals surface area contributed by atoms with Crippen molar-refractivity contribution in [3.63, 3.8) is 0 Å². The lowest BCUT2D eigenvalue weighted by molar-refractivity contribution is 0.424. The fourth-order valence-corrected chi connectivity index (χ4v) is 3.41. The van der Waals surface area contributed by atoms with Crippen molar-refractivity contribution in [1.29, 1.82) is 0 Å². The Hall–Kier alpha value is -0.0900. The van der Waals surface area contributed by atoms with Gasteiger partial charge in [-0.1, -0.05) is 19.8 Å². The van der Waals surface area contributed by atoms with Crippen molar-refractivity contribution in [1.82, 2.24) is 14.9 Å². The van der Waals surface area contributed by atoms with Crippen LogP contribution >= 0.6 is 24.0 Å². The molecule has 8 heteroatoms. The maximum absolute atomic E-state index is 11.4. The number of nitrogens with zero attached hydrogens (tertiary/aromatic N) is 2. The minimum atomic E-state index is -3.08. The van der Waals surface area contributed by atoms with Gasteiger partial charge in [-0.25, -0.2) is 12.7 Å². The van der Waals surface area contributed by atoms with Crippen molar-refractivity contribution in [3.8, 4) is 0 Å². The van der Waals surface area contributed by atoms with Crippen LogP contribution in [-0.4, -0.2) is 57.7 Å². The zero-order valence-corrected chi connectivity index (χ0v) is 16.4. The van der Waals surface area contributed by atoms with Crippen molar-refractivity contribution >= 4 is 40.0 Å². The molecule has 2 N–H and O–H groups in total. The van der Waals surface area contributed by atoms with Crippen LogP contribution in [0.25, 0.3) is 0 Å². The van der Waals surface area contributed by atoms with Gasteiger partial charge in [0, 0.05) is 32.7 Å². The highest BCUT2D eigenvalue weighted by Gasteiger charge is 2.16. The van der Waals surface area contributed by atoms with Crippen molar-refractivity contribution < 1.29 is 8.42 Å². The fraction of sp³-hybridized carbons (Fsp3) is 0.923. The Labute approximate surface area is 146 Å². The largest absolute Gasteiger partial charge is 0.356 e. The van der Waals surface area contributed by atoms with E-state index in [9.17, 15) is 8.42 Å². The van der Waals surface area contributed by atoms with E-state index in [1.807, 2.05) is 6.92 Å². The van der Waals surface area contributed by atoms with Crippen LogP contribution in [0, 0.1) is 0 Å². The highest BCUT2D eigenvalue weighted by molar-refractivity contribution is 14.0. The van der Waals surface area contributed by atoms with Gasteiger partial charge in [0.25, 0.3) is 0 Å². The molecule has 0 atom stereocenters. The molecule has 0 heterocycles. The molecule has 1 aliphatic rings. The molecule has 1 aliphatic carbocycles. The molecule has 126 valence electrons. The van der Waals surface area contributed by atoms with E-state index in [-0.39, 0.29) is 24.0 Å². The van der Waals surface area contributed by atoms with Crippen LogP contribution in [-0.2, 0) is 10.0 Å². The Balaban J connectivity index is 0.00000400. The third-order valence-electron chi connectivity index (χ3n) is 3.62. The average Bonchev–Trinajstić information content (AvgIpc) is 2.88. The van der Waals surface area contributed by atoms with E-state index in [1.165, 1.54) is 36.2 Å². The molecule has 0 radical (unpaired) electrons. The van der Waals surface area contributed by atoms with Gasteiger partial charge in [0.15, 0.2) is 5.96 Å². The van der Waals surface area contributed by atoms with Crippen LogP contribution in [0.1, 0.15) is 39.0 Å². The van der Waals surface area contributed by atoms with E-state index in [4.69, 9.17) is 0 Å². The first-order valence-electron chi connectivity index (χ1n) is 7.39. The van der Waals surface area contributed by atoms with E-state index in [0.29, 0.717) is 19.1 Å². The summed E-state index contributed by atoms with van der Waals surface area (Å²) in [7, 11) is -1.32. The fourth-order valence-electron chi connectivity index (χ4n) is 2.48. The summed E-state index contributed by atoms with van der Waals surface area (Å²) in [6.45, 7) is 3.64. The highest BCUT2D eigenvalue weighted by Crippen LogP contribution is 2.17. The summed E-state index contributed by atoms with van der Waals surface area (Å²) in [4.78, 5) is 4.20. The van der Waals surface area contributed by atoms with Gasteiger partial charge in [-0.2, -0.15) is 0 Å². The molecule has 0 aromatic carbocycles. The van der Waals surface area contributed by atoms with Crippen LogP contribution in [0.3, 0.4) is 0 Å². The number of sulfonamides is 1. The molecule has 0 spiro atoms. The van der Waals surface area contributed by atoms with Crippen LogP contribution in [0.4, 0.5) is 0 Å². The highest BCUT2D eigenvalue weighted by atomic mass is 127. The smallest absolute Gasteiger partial charge is 0.211 e. The van der Waals surface area contributed by atoms with Crippen molar-refractivity contribution in [2.45, 2.75) is 45.1 Å². The lowest BCUT2D eigenvalue weighted by Crippen LogP contribution is -2.43. The Morgan fingerprint density at radius 3 is 2.43 bits per heavy atom. The SMILES string of the molecule is CCN(CCCNC(=NC)NC1CCCC1)S(C)(=O)=O.I. The van der Waals surface area contributed by atoms with E-state index in [0.717, 1.165) is 18.9 Å². The molecule has 6 nitrogen and oxygen atoms in total. The molecule has 21 heavy (non-hydrogen) atoms. The Morgan fingerprint density at radius 1 is 1.33 bits per heavy atom. The van der Waals surface area contributed by atoms with Gasteiger partial charge in [0.2, 0.25) is 10.0 Å². The summed E-state index contributed by atoms with van der Waals surface area (Å²) in [6, 6.07) is 0.532. The van der Waals surface area contributed by atoms with Gasteiger partial charge in [-0.15, -0.1) is 24.0 Å². The summed E-state index contributed by atoms with van der Waals surface area (Å²) >= 11 is 0. The predicted octanol–water partition coefficient (Wildman–Crippen LogP) is 1.38. The van der Waals surface area contributed by atoms with Crippen LogP contribution in [0.15, 0.2) is 4.99 Å². The number of guanidine groups is 1. The third-order valence-corrected chi connectivity index (χ3v) is 5.00. The molecule has 0 aliphatic heterocycles. The van der Waals surface area contributed by atoms with E-state index < -0.39 is 10.0 Å².